The molecule has 0 atom stereocenters. The molecule has 160 valence electrons. The molecular weight excluding hydrogens is 394 g/mol. The summed E-state index contributed by atoms with van der Waals surface area (Å²) in [7, 11) is 0. The number of carbonyl (C=O) groups excluding carboxylic acids is 2. The van der Waals surface area contributed by atoms with Crippen LogP contribution in [-0.2, 0) is 17.8 Å². The van der Waals surface area contributed by atoms with Crippen LogP contribution in [0.15, 0.2) is 36.5 Å². The fourth-order valence-electron chi connectivity index (χ4n) is 4.98. The van der Waals surface area contributed by atoms with Crippen LogP contribution in [0.2, 0.25) is 0 Å². The number of nitrogens with zero attached hydrogens (tertiary/aromatic N) is 4. The summed E-state index contributed by atoms with van der Waals surface area (Å²) in [5, 5.41) is 5.47. The van der Waals surface area contributed by atoms with Crippen LogP contribution in [0.5, 0.6) is 0 Å². The average molecular weight is 419 g/mol. The highest BCUT2D eigenvalue weighted by atomic mass is 16.5. The van der Waals surface area contributed by atoms with Gasteiger partial charge in [-0.3, -0.25) is 14.3 Å². The minimum absolute atomic E-state index is 0.0177. The highest BCUT2D eigenvalue weighted by Crippen LogP contribution is 2.46. The van der Waals surface area contributed by atoms with E-state index >= 15 is 0 Å². The normalized spacial score (nSPS) is 20.0. The van der Waals surface area contributed by atoms with Crippen molar-refractivity contribution in [3.05, 3.63) is 53.5 Å². The van der Waals surface area contributed by atoms with Crippen LogP contribution < -0.4 is 0 Å². The van der Waals surface area contributed by atoms with E-state index in [1.165, 1.54) is 0 Å². The second kappa shape index (κ2) is 6.95. The predicted octanol–water partition coefficient (Wildman–Crippen LogP) is 2.42. The van der Waals surface area contributed by atoms with Crippen molar-refractivity contribution in [3.63, 3.8) is 0 Å². The molecule has 8 nitrogen and oxygen atoms in total. The number of aromatic nitrogens is 3. The molecule has 31 heavy (non-hydrogen) atoms. The molecule has 0 bridgehead atoms. The highest BCUT2D eigenvalue weighted by Gasteiger charge is 2.51. The summed E-state index contributed by atoms with van der Waals surface area (Å²) in [6, 6.07) is 9.76. The van der Waals surface area contributed by atoms with Crippen molar-refractivity contribution in [1.82, 2.24) is 24.6 Å². The van der Waals surface area contributed by atoms with Crippen molar-refractivity contribution in [1.29, 1.82) is 0 Å². The number of H-pyrrole nitrogens is 1. The van der Waals surface area contributed by atoms with E-state index in [1.54, 1.807) is 11.1 Å². The molecule has 1 saturated carbocycles. The van der Waals surface area contributed by atoms with E-state index in [1.807, 2.05) is 39.9 Å². The van der Waals surface area contributed by atoms with Gasteiger partial charge >= 0.3 is 0 Å². The number of rotatable bonds is 2. The number of ether oxygens (including phenoxy) is 1. The number of hydrogen-bond acceptors (Lipinski definition) is 4. The number of carbonyl (C=O) groups is 2. The Morgan fingerprint density at radius 1 is 1.03 bits per heavy atom. The third-order valence-corrected chi connectivity index (χ3v) is 6.96. The Hall–Kier alpha value is -3.13. The quantitative estimate of drug-likeness (QED) is 0.692. The largest absolute Gasteiger partial charge is 0.380 e. The maximum absolute atomic E-state index is 13.5. The van der Waals surface area contributed by atoms with Gasteiger partial charge in [0.25, 0.3) is 11.8 Å². The third-order valence-electron chi connectivity index (χ3n) is 6.96. The highest BCUT2D eigenvalue weighted by molar-refractivity contribution is 5.99. The Balaban J connectivity index is 1.27. The van der Waals surface area contributed by atoms with Crippen molar-refractivity contribution >= 4 is 22.7 Å². The zero-order chi connectivity index (χ0) is 21.0. The molecule has 2 aromatic heterocycles. The van der Waals surface area contributed by atoms with E-state index in [0.717, 1.165) is 35.9 Å². The number of aromatic amines is 1. The number of benzene rings is 1. The molecule has 3 aliphatic rings. The third kappa shape index (κ3) is 3.05. The number of hydrogen-bond donors (Lipinski definition) is 1. The van der Waals surface area contributed by atoms with Gasteiger partial charge in [0.05, 0.1) is 37.2 Å². The lowest BCUT2D eigenvalue weighted by Gasteiger charge is -2.31. The molecule has 8 heteroatoms. The maximum atomic E-state index is 13.5. The van der Waals surface area contributed by atoms with Gasteiger partial charge in [-0.15, -0.1) is 0 Å². The SMILES string of the molecule is O=C(c1cc2ccccc2[nH]1)N1CCn2ncc(C(=O)N3CCOCCC34CC4)c2C1. The van der Waals surface area contributed by atoms with Crippen molar-refractivity contribution in [3.8, 4) is 0 Å². The number of nitrogens with one attached hydrogen (secondary N) is 1. The first-order valence-corrected chi connectivity index (χ1v) is 11.0. The van der Waals surface area contributed by atoms with Crippen LogP contribution in [-0.4, -0.2) is 68.2 Å². The van der Waals surface area contributed by atoms with E-state index in [-0.39, 0.29) is 17.4 Å². The van der Waals surface area contributed by atoms with Crippen LogP contribution in [0.3, 0.4) is 0 Å². The van der Waals surface area contributed by atoms with Crippen LogP contribution in [0.1, 0.15) is 45.8 Å². The molecule has 1 aromatic carbocycles. The molecule has 6 rings (SSSR count). The van der Waals surface area contributed by atoms with E-state index in [2.05, 4.69) is 10.1 Å². The Morgan fingerprint density at radius 3 is 2.74 bits per heavy atom. The maximum Gasteiger partial charge on any atom is 0.270 e. The van der Waals surface area contributed by atoms with Crippen molar-refractivity contribution in [2.24, 2.45) is 0 Å². The molecular formula is C23H25N5O3. The van der Waals surface area contributed by atoms with E-state index in [4.69, 9.17) is 4.74 Å². The fraction of sp³-hybridized carbons (Fsp3) is 0.435. The Bertz CT molecular complexity index is 1140. The lowest BCUT2D eigenvalue weighted by Crippen LogP contribution is -2.44. The molecule has 2 fully saturated rings. The van der Waals surface area contributed by atoms with Crippen LogP contribution in [0, 0.1) is 0 Å². The Morgan fingerprint density at radius 2 is 1.90 bits per heavy atom. The lowest BCUT2D eigenvalue weighted by molar-refractivity contribution is 0.0632. The van der Waals surface area contributed by atoms with Gasteiger partial charge in [0.2, 0.25) is 0 Å². The van der Waals surface area contributed by atoms with E-state index in [0.29, 0.717) is 50.7 Å². The molecule has 0 unspecified atom stereocenters. The van der Waals surface area contributed by atoms with E-state index in [9.17, 15) is 9.59 Å². The van der Waals surface area contributed by atoms with Crippen molar-refractivity contribution in [2.45, 2.75) is 37.9 Å². The number of fused-ring (bicyclic) bond motifs is 2. The summed E-state index contributed by atoms with van der Waals surface area (Å²) in [6.07, 6.45) is 4.65. The van der Waals surface area contributed by atoms with Gasteiger partial charge in [-0.25, -0.2) is 0 Å². The van der Waals surface area contributed by atoms with Crippen LogP contribution >= 0.6 is 0 Å². The minimum Gasteiger partial charge on any atom is -0.380 e. The minimum atomic E-state index is -0.0520. The second-order valence-electron chi connectivity index (χ2n) is 8.77. The zero-order valence-electron chi connectivity index (χ0n) is 17.3. The zero-order valence-corrected chi connectivity index (χ0v) is 17.3. The van der Waals surface area contributed by atoms with Gasteiger partial charge < -0.3 is 19.5 Å². The van der Waals surface area contributed by atoms with E-state index < -0.39 is 0 Å². The molecule has 3 aromatic rings. The molecule has 2 amide bonds. The molecule has 4 heterocycles. The molecule has 2 aliphatic heterocycles. The fourth-order valence-corrected chi connectivity index (χ4v) is 4.98. The smallest absolute Gasteiger partial charge is 0.270 e. The number of amides is 2. The number of para-hydroxylation sites is 1. The topological polar surface area (TPSA) is 83.5 Å². The van der Waals surface area contributed by atoms with Crippen LogP contribution in [0.25, 0.3) is 10.9 Å². The molecule has 1 aliphatic carbocycles. The summed E-state index contributed by atoms with van der Waals surface area (Å²) in [6.45, 7) is 3.43. The van der Waals surface area contributed by atoms with Crippen LogP contribution in [0.4, 0.5) is 0 Å². The second-order valence-corrected chi connectivity index (χ2v) is 8.77. The first-order valence-electron chi connectivity index (χ1n) is 11.0. The first-order chi connectivity index (χ1) is 15.1. The predicted molar refractivity (Wildman–Crippen MR) is 114 cm³/mol. The van der Waals surface area contributed by atoms with Gasteiger partial charge in [-0.1, -0.05) is 18.2 Å². The average Bonchev–Trinajstić information content (AvgIpc) is 3.32. The standard InChI is InChI=1S/C23H25N5O3/c29-21(27-10-12-31-11-7-23(27)5-6-23)17-14-24-28-9-8-26(15-20(17)28)22(30)19-13-16-3-1-2-4-18(16)25-19/h1-4,13-14,25H,5-12,15H2. The molecule has 0 radical (unpaired) electrons. The molecule has 1 spiro atoms. The Kier molecular flexibility index (Phi) is 4.17. The summed E-state index contributed by atoms with van der Waals surface area (Å²) in [5.41, 5.74) is 2.91. The van der Waals surface area contributed by atoms with Gasteiger partial charge in [0, 0.05) is 36.1 Å². The molecule has 1 N–H and O–H groups in total. The van der Waals surface area contributed by atoms with Gasteiger partial charge in [-0.2, -0.15) is 5.10 Å². The Labute approximate surface area is 179 Å². The summed E-state index contributed by atoms with van der Waals surface area (Å²) in [5.74, 6) is -0.0342. The lowest BCUT2D eigenvalue weighted by atomic mass is 10.1. The summed E-state index contributed by atoms with van der Waals surface area (Å²) < 4.78 is 7.50. The van der Waals surface area contributed by atoms with Gasteiger partial charge in [-0.05, 0) is 31.4 Å². The van der Waals surface area contributed by atoms with Gasteiger partial charge in [0.1, 0.15) is 5.69 Å². The van der Waals surface area contributed by atoms with Gasteiger partial charge in [0.15, 0.2) is 0 Å². The first kappa shape index (κ1) is 18.6. The van der Waals surface area contributed by atoms with Crippen molar-refractivity contribution in [2.75, 3.05) is 26.3 Å². The monoisotopic (exact) mass is 419 g/mol. The molecule has 1 saturated heterocycles. The van der Waals surface area contributed by atoms with Crippen molar-refractivity contribution < 1.29 is 14.3 Å². The summed E-state index contributed by atoms with van der Waals surface area (Å²) >= 11 is 0. The summed E-state index contributed by atoms with van der Waals surface area (Å²) in [4.78, 5) is 33.7.